The highest BCUT2D eigenvalue weighted by atomic mass is 16.5. The lowest BCUT2D eigenvalue weighted by molar-refractivity contribution is -0.151. The molecule has 0 saturated heterocycles. The minimum atomic E-state index is -0.636. The smallest absolute Gasteiger partial charge is 0.313 e. The number of carbonyl (C=O) groups excluding carboxylic acids is 1. The van der Waals surface area contributed by atoms with E-state index in [-0.39, 0.29) is 12.5 Å². The van der Waals surface area contributed by atoms with Crippen LogP contribution in [0.5, 0.6) is 0 Å². The van der Waals surface area contributed by atoms with E-state index in [9.17, 15) is 4.79 Å². The van der Waals surface area contributed by atoms with Crippen LogP contribution in [-0.2, 0) is 16.0 Å². The Balaban J connectivity index is 2.89. The molecule has 16 heavy (non-hydrogen) atoms. The average molecular weight is 221 g/mol. The predicted molar refractivity (Wildman–Crippen MR) is 64.1 cm³/mol. The van der Waals surface area contributed by atoms with Crippen LogP contribution in [-0.4, -0.2) is 19.6 Å². The molecule has 0 fully saturated rings. The molecule has 0 spiro atoms. The van der Waals surface area contributed by atoms with Crippen molar-refractivity contribution < 1.29 is 9.53 Å². The summed E-state index contributed by atoms with van der Waals surface area (Å²) in [4.78, 5) is 11.7. The molecule has 1 aromatic carbocycles. The fraction of sp³-hybridized carbons (Fsp3) is 0.462. The summed E-state index contributed by atoms with van der Waals surface area (Å²) in [5.41, 5.74) is 7.32. The maximum Gasteiger partial charge on any atom is 0.313 e. The summed E-state index contributed by atoms with van der Waals surface area (Å²) < 4.78 is 4.79. The van der Waals surface area contributed by atoms with Gasteiger partial charge in [0, 0.05) is 6.54 Å². The van der Waals surface area contributed by atoms with Crippen LogP contribution >= 0.6 is 0 Å². The number of carbonyl (C=O) groups is 1. The number of nitrogens with two attached hydrogens (primary N) is 1. The third kappa shape index (κ3) is 2.83. The molecule has 0 bridgehead atoms. The molecule has 3 heteroatoms. The van der Waals surface area contributed by atoms with E-state index in [1.807, 2.05) is 32.0 Å². The van der Waals surface area contributed by atoms with Gasteiger partial charge in [0.15, 0.2) is 0 Å². The third-order valence-electron chi connectivity index (χ3n) is 2.81. The van der Waals surface area contributed by atoms with Gasteiger partial charge < -0.3 is 10.5 Å². The van der Waals surface area contributed by atoms with Crippen molar-refractivity contribution >= 4 is 5.97 Å². The number of hydrogen-bond acceptors (Lipinski definition) is 3. The van der Waals surface area contributed by atoms with Gasteiger partial charge in [0.25, 0.3) is 0 Å². The lowest BCUT2D eigenvalue weighted by Gasteiger charge is -2.24. The molecule has 1 rings (SSSR count). The molecule has 88 valence electrons. The molecule has 2 N–H and O–H groups in total. The molecule has 0 aliphatic carbocycles. The molecule has 0 heterocycles. The van der Waals surface area contributed by atoms with Crippen molar-refractivity contribution in [1.29, 1.82) is 0 Å². The quantitative estimate of drug-likeness (QED) is 0.787. The first kappa shape index (κ1) is 12.7. The van der Waals surface area contributed by atoms with E-state index in [2.05, 4.69) is 6.07 Å². The Morgan fingerprint density at radius 3 is 2.69 bits per heavy atom. The molecule has 0 aromatic heterocycles. The zero-order valence-electron chi connectivity index (χ0n) is 10.1. The number of esters is 1. The van der Waals surface area contributed by atoms with E-state index >= 15 is 0 Å². The molecule has 3 nitrogen and oxygen atoms in total. The van der Waals surface area contributed by atoms with Crippen LogP contribution in [0.2, 0.25) is 0 Å². The summed E-state index contributed by atoms with van der Waals surface area (Å²) in [6.07, 6.45) is 0.609. The Morgan fingerprint density at radius 2 is 2.19 bits per heavy atom. The van der Waals surface area contributed by atoms with Crippen molar-refractivity contribution in [3.05, 3.63) is 35.4 Å². The normalized spacial score (nSPS) is 14.2. The average Bonchev–Trinajstić information content (AvgIpc) is 2.27. The lowest BCUT2D eigenvalue weighted by atomic mass is 9.83. The molecule has 1 unspecified atom stereocenters. The van der Waals surface area contributed by atoms with E-state index in [1.54, 1.807) is 0 Å². The summed E-state index contributed by atoms with van der Waals surface area (Å²) in [6.45, 7) is 4.15. The van der Waals surface area contributed by atoms with Gasteiger partial charge in [0.05, 0.1) is 12.5 Å². The van der Waals surface area contributed by atoms with Crippen LogP contribution in [0.3, 0.4) is 0 Å². The zero-order chi connectivity index (χ0) is 12.2. The Kier molecular flexibility index (Phi) is 4.07. The van der Waals surface area contributed by atoms with Crippen molar-refractivity contribution in [1.82, 2.24) is 0 Å². The summed E-state index contributed by atoms with van der Waals surface area (Å²) in [7, 11) is 1.40. The van der Waals surface area contributed by atoms with Crippen LogP contribution in [0.25, 0.3) is 0 Å². The van der Waals surface area contributed by atoms with Gasteiger partial charge in [-0.05, 0) is 25.8 Å². The van der Waals surface area contributed by atoms with E-state index in [0.717, 1.165) is 5.56 Å². The highest BCUT2D eigenvalue weighted by molar-refractivity contribution is 5.77. The van der Waals surface area contributed by atoms with Crippen LogP contribution < -0.4 is 5.73 Å². The molecular weight excluding hydrogens is 202 g/mol. The zero-order valence-corrected chi connectivity index (χ0v) is 10.1. The summed E-state index contributed by atoms with van der Waals surface area (Å²) in [5, 5.41) is 0. The van der Waals surface area contributed by atoms with Gasteiger partial charge in [-0.2, -0.15) is 0 Å². The van der Waals surface area contributed by atoms with Gasteiger partial charge in [-0.15, -0.1) is 0 Å². The third-order valence-corrected chi connectivity index (χ3v) is 2.81. The van der Waals surface area contributed by atoms with Gasteiger partial charge in [0.1, 0.15) is 0 Å². The van der Waals surface area contributed by atoms with Gasteiger partial charge in [-0.25, -0.2) is 0 Å². The van der Waals surface area contributed by atoms with Crippen LogP contribution in [0.1, 0.15) is 18.1 Å². The highest BCUT2D eigenvalue weighted by Crippen LogP contribution is 2.23. The number of ether oxygens (including phenoxy) is 1. The minimum absolute atomic E-state index is 0.253. The maximum absolute atomic E-state index is 11.7. The molecule has 1 atom stereocenters. The fourth-order valence-electron chi connectivity index (χ4n) is 1.75. The van der Waals surface area contributed by atoms with E-state index in [0.29, 0.717) is 6.42 Å². The minimum Gasteiger partial charge on any atom is -0.469 e. The van der Waals surface area contributed by atoms with E-state index in [1.165, 1.54) is 12.7 Å². The van der Waals surface area contributed by atoms with Crippen molar-refractivity contribution in [2.75, 3.05) is 13.7 Å². The first-order valence-electron chi connectivity index (χ1n) is 5.36. The van der Waals surface area contributed by atoms with E-state index in [4.69, 9.17) is 10.5 Å². The molecule has 0 aliphatic heterocycles. The highest BCUT2D eigenvalue weighted by Gasteiger charge is 2.33. The fourth-order valence-corrected chi connectivity index (χ4v) is 1.75. The molecule has 0 radical (unpaired) electrons. The molecule has 0 aliphatic rings. The molecule has 0 amide bonds. The second-order valence-electron chi connectivity index (χ2n) is 4.42. The van der Waals surface area contributed by atoms with Gasteiger partial charge in [0.2, 0.25) is 0 Å². The molecule has 1 aromatic rings. The van der Waals surface area contributed by atoms with Gasteiger partial charge in [-0.1, -0.05) is 29.8 Å². The Bertz CT molecular complexity index is 376. The summed E-state index contributed by atoms with van der Waals surface area (Å²) in [6, 6.07) is 8.08. The first-order valence-corrected chi connectivity index (χ1v) is 5.36. The van der Waals surface area contributed by atoms with Crippen LogP contribution in [0.4, 0.5) is 0 Å². The van der Waals surface area contributed by atoms with Crippen molar-refractivity contribution in [3.63, 3.8) is 0 Å². The standard InChI is InChI=1S/C13H19NO2/c1-10-5-4-6-11(7-10)8-13(2,9-14)12(15)16-3/h4-7H,8-9,14H2,1-3H3. The van der Waals surface area contributed by atoms with Crippen molar-refractivity contribution in [2.45, 2.75) is 20.3 Å². The van der Waals surface area contributed by atoms with Crippen molar-refractivity contribution in [3.8, 4) is 0 Å². The van der Waals surface area contributed by atoms with Crippen molar-refractivity contribution in [2.24, 2.45) is 11.1 Å². The monoisotopic (exact) mass is 221 g/mol. The largest absolute Gasteiger partial charge is 0.469 e. The van der Waals surface area contributed by atoms with E-state index < -0.39 is 5.41 Å². The van der Waals surface area contributed by atoms with Crippen LogP contribution in [0, 0.1) is 12.3 Å². The number of rotatable bonds is 4. The predicted octanol–water partition coefficient (Wildman–Crippen LogP) is 1.68. The van der Waals surface area contributed by atoms with Crippen LogP contribution in [0.15, 0.2) is 24.3 Å². The first-order chi connectivity index (χ1) is 7.51. The summed E-state index contributed by atoms with van der Waals surface area (Å²) in [5.74, 6) is -0.253. The lowest BCUT2D eigenvalue weighted by Crippen LogP contribution is -2.38. The number of hydrogen-bond donors (Lipinski definition) is 1. The second kappa shape index (κ2) is 5.12. The number of benzene rings is 1. The second-order valence-corrected chi connectivity index (χ2v) is 4.42. The Morgan fingerprint density at radius 1 is 1.50 bits per heavy atom. The Labute approximate surface area is 96.6 Å². The maximum atomic E-state index is 11.7. The SMILES string of the molecule is COC(=O)C(C)(CN)Cc1cccc(C)c1. The summed E-state index contributed by atoms with van der Waals surface area (Å²) >= 11 is 0. The number of methoxy groups -OCH3 is 1. The molecular formula is C13H19NO2. The molecule has 0 saturated carbocycles. The van der Waals surface area contributed by atoms with Gasteiger partial charge in [-0.3, -0.25) is 4.79 Å². The topological polar surface area (TPSA) is 52.3 Å². The Hall–Kier alpha value is -1.35. The van der Waals surface area contributed by atoms with Gasteiger partial charge >= 0.3 is 5.97 Å². The number of aryl methyl sites for hydroxylation is 1.